The number of nitrogens with zero attached hydrogens (tertiary/aromatic N) is 1. The van der Waals surface area contributed by atoms with Crippen molar-refractivity contribution in [2.45, 2.75) is 52.4 Å². The van der Waals surface area contributed by atoms with Crippen LogP contribution >= 0.6 is 0 Å². The fourth-order valence-electron chi connectivity index (χ4n) is 3.49. The summed E-state index contributed by atoms with van der Waals surface area (Å²) in [6, 6.07) is 20.3. The summed E-state index contributed by atoms with van der Waals surface area (Å²) < 4.78 is 16.9. The SMILES string of the molecule is CCCOc1ccc2ccccc2c1/C=N\NC(=O)[C@H](COCc1ccccc1)NC(=O)OC(C)(C)C. The molecule has 3 rings (SSSR count). The van der Waals surface area contributed by atoms with Crippen molar-refractivity contribution in [1.29, 1.82) is 0 Å². The fourth-order valence-corrected chi connectivity index (χ4v) is 3.49. The van der Waals surface area contributed by atoms with Gasteiger partial charge < -0.3 is 19.5 Å². The molecule has 0 unspecified atom stereocenters. The number of alkyl carbamates (subject to hydrolysis) is 1. The lowest BCUT2D eigenvalue weighted by atomic mass is 10.0. The number of ether oxygens (including phenoxy) is 3. The van der Waals surface area contributed by atoms with E-state index in [-0.39, 0.29) is 13.2 Å². The number of amides is 2. The van der Waals surface area contributed by atoms with Crippen molar-refractivity contribution >= 4 is 29.0 Å². The maximum Gasteiger partial charge on any atom is 0.408 e. The third-order valence-corrected chi connectivity index (χ3v) is 5.16. The molecular formula is C29H35N3O5. The Kier molecular flexibility index (Phi) is 10.0. The van der Waals surface area contributed by atoms with Crippen molar-refractivity contribution in [3.63, 3.8) is 0 Å². The zero-order valence-electron chi connectivity index (χ0n) is 21.8. The number of nitrogens with one attached hydrogen (secondary N) is 2. The summed E-state index contributed by atoms with van der Waals surface area (Å²) in [5.41, 5.74) is 3.51. The largest absolute Gasteiger partial charge is 0.493 e. The molecule has 196 valence electrons. The summed E-state index contributed by atoms with van der Waals surface area (Å²) in [4.78, 5) is 25.4. The van der Waals surface area contributed by atoms with Crippen LogP contribution in [0.3, 0.4) is 0 Å². The third kappa shape index (κ3) is 8.91. The van der Waals surface area contributed by atoms with Crippen LogP contribution in [0.1, 0.15) is 45.2 Å². The Morgan fingerprint density at radius 1 is 1.00 bits per heavy atom. The number of carbonyl (C=O) groups is 2. The normalized spacial score (nSPS) is 12.3. The average Bonchev–Trinajstić information content (AvgIpc) is 2.87. The van der Waals surface area contributed by atoms with Crippen molar-refractivity contribution in [1.82, 2.24) is 10.7 Å². The Morgan fingerprint density at radius 2 is 1.73 bits per heavy atom. The minimum Gasteiger partial charge on any atom is -0.493 e. The summed E-state index contributed by atoms with van der Waals surface area (Å²) in [7, 11) is 0. The van der Waals surface area contributed by atoms with Gasteiger partial charge in [-0.2, -0.15) is 5.10 Å². The molecule has 0 saturated carbocycles. The standard InChI is InChI=1S/C29H35N3O5/c1-5-17-36-26-16-15-22-13-9-10-14-23(22)24(26)18-30-32-27(33)25(31-28(34)37-29(2,3)4)20-35-19-21-11-7-6-8-12-21/h6-16,18,25H,5,17,19-20H2,1-4H3,(H,31,34)(H,32,33)/b30-18-/t25-/m0/s1. The Bertz CT molecular complexity index is 1210. The zero-order valence-corrected chi connectivity index (χ0v) is 21.8. The van der Waals surface area contributed by atoms with Gasteiger partial charge in [0, 0.05) is 5.56 Å². The minimum atomic E-state index is -1.01. The minimum absolute atomic E-state index is 0.0609. The van der Waals surface area contributed by atoms with Gasteiger partial charge in [0.15, 0.2) is 0 Å². The van der Waals surface area contributed by atoms with Crippen LogP contribution in [0.5, 0.6) is 5.75 Å². The van der Waals surface area contributed by atoms with E-state index in [0.717, 1.165) is 28.3 Å². The summed E-state index contributed by atoms with van der Waals surface area (Å²) in [6.45, 7) is 8.08. The molecule has 0 aliphatic carbocycles. The van der Waals surface area contributed by atoms with E-state index in [9.17, 15) is 9.59 Å². The van der Waals surface area contributed by atoms with Crippen molar-refractivity contribution in [3.05, 3.63) is 77.9 Å². The van der Waals surface area contributed by atoms with Crippen molar-refractivity contribution < 1.29 is 23.8 Å². The Morgan fingerprint density at radius 3 is 2.46 bits per heavy atom. The van der Waals surface area contributed by atoms with Crippen LogP contribution in [0.2, 0.25) is 0 Å². The van der Waals surface area contributed by atoms with E-state index in [1.54, 1.807) is 27.0 Å². The van der Waals surface area contributed by atoms with Gasteiger partial charge in [-0.05, 0) is 49.6 Å². The molecule has 0 fully saturated rings. The molecule has 37 heavy (non-hydrogen) atoms. The van der Waals surface area contributed by atoms with E-state index in [4.69, 9.17) is 14.2 Å². The first kappa shape index (κ1) is 27.7. The Hall–Kier alpha value is -3.91. The molecular weight excluding hydrogens is 470 g/mol. The second-order valence-electron chi connectivity index (χ2n) is 9.48. The number of hydrogen-bond acceptors (Lipinski definition) is 6. The van der Waals surface area contributed by atoms with Crippen molar-refractivity contribution in [3.8, 4) is 5.75 Å². The van der Waals surface area contributed by atoms with Crippen molar-refractivity contribution in [2.24, 2.45) is 5.10 Å². The predicted molar refractivity (Wildman–Crippen MR) is 145 cm³/mol. The highest BCUT2D eigenvalue weighted by molar-refractivity contribution is 6.02. The number of fused-ring (bicyclic) bond motifs is 1. The van der Waals surface area contributed by atoms with Gasteiger partial charge in [-0.25, -0.2) is 10.2 Å². The number of hydrazone groups is 1. The molecule has 0 saturated heterocycles. The van der Waals surface area contributed by atoms with Gasteiger partial charge in [-0.15, -0.1) is 0 Å². The molecule has 0 aromatic heterocycles. The smallest absolute Gasteiger partial charge is 0.408 e. The maximum absolute atomic E-state index is 13.0. The van der Waals surface area contributed by atoms with E-state index in [0.29, 0.717) is 12.4 Å². The summed E-state index contributed by atoms with van der Waals surface area (Å²) in [6.07, 6.45) is 1.70. The molecule has 2 amide bonds. The van der Waals surface area contributed by atoms with E-state index < -0.39 is 23.6 Å². The molecule has 3 aromatic rings. The highest BCUT2D eigenvalue weighted by Gasteiger charge is 2.24. The lowest BCUT2D eigenvalue weighted by Crippen LogP contribution is -2.49. The molecule has 8 heteroatoms. The van der Waals surface area contributed by atoms with E-state index in [2.05, 4.69) is 15.8 Å². The topological polar surface area (TPSA) is 98.3 Å². The molecule has 0 radical (unpaired) electrons. The molecule has 1 atom stereocenters. The van der Waals surface area contributed by atoms with Gasteiger partial charge in [0.25, 0.3) is 5.91 Å². The number of hydrogen-bond donors (Lipinski definition) is 2. The summed E-state index contributed by atoms with van der Waals surface area (Å²) >= 11 is 0. The van der Waals surface area contributed by atoms with E-state index in [1.165, 1.54) is 0 Å². The van der Waals surface area contributed by atoms with Gasteiger partial charge >= 0.3 is 6.09 Å². The molecule has 0 aliphatic rings. The van der Waals surface area contributed by atoms with Crippen LogP contribution in [-0.4, -0.2) is 43.1 Å². The first-order chi connectivity index (χ1) is 17.8. The van der Waals surface area contributed by atoms with Crippen LogP contribution < -0.4 is 15.5 Å². The number of benzene rings is 3. The van der Waals surface area contributed by atoms with Crippen LogP contribution in [0.4, 0.5) is 4.79 Å². The molecule has 0 bridgehead atoms. The Labute approximate surface area is 218 Å². The summed E-state index contributed by atoms with van der Waals surface area (Å²) in [5.74, 6) is 0.139. The first-order valence-corrected chi connectivity index (χ1v) is 12.4. The van der Waals surface area contributed by atoms with Gasteiger partial charge in [-0.1, -0.05) is 67.6 Å². The van der Waals surface area contributed by atoms with Crippen molar-refractivity contribution in [2.75, 3.05) is 13.2 Å². The second-order valence-corrected chi connectivity index (χ2v) is 9.48. The van der Waals surface area contributed by atoms with Gasteiger partial charge in [-0.3, -0.25) is 4.79 Å². The second kappa shape index (κ2) is 13.4. The molecule has 0 spiro atoms. The molecule has 0 aliphatic heterocycles. The Balaban J connectivity index is 1.73. The van der Waals surface area contributed by atoms with Crippen LogP contribution in [-0.2, 0) is 20.9 Å². The average molecular weight is 506 g/mol. The maximum atomic E-state index is 13.0. The molecule has 8 nitrogen and oxygen atoms in total. The molecule has 2 N–H and O–H groups in total. The van der Waals surface area contributed by atoms with Crippen LogP contribution in [0.15, 0.2) is 71.8 Å². The van der Waals surface area contributed by atoms with Gasteiger partial charge in [0.05, 0.1) is 26.0 Å². The predicted octanol–water partition coefficient (Wildman–Crippen LogP) is 5.19. The quantitative estimate of drug-likeness (QED) is 0.276. The van der Waals surface area contributed by atoms with Gasteiger partial charge in [0.1, 0.15) is 17.4 Å². The summed E-state index contributed by atoms with van der Waals surface area (Å²) in [5, 5.41) is 8.73. The first-order valence-electron chi connectivity index (χ1n) is 12.4. The lowest BCUT2D eigenvalue weighted by molar-refractivity contribution is -0.124. The zero-order chi connectivity index (χ0) is 26.7. The number of carbonyl (C=O) groups excluding carboxylic acids is 2. The fraction of sp³-hybridized carbons (Fsp3) is 0.345. The van der Waals surface area contributed by atoms with Crippen LogP contribution in [0, 0.1) is 0 Å². The van der Waals surface area contributed by atoms with E-state index in [1.807, 2.05) is 73.7 Å². The molecule has 0 heterocycles. The highest BCUT2D eigenvalue weighted by Crippen LogP contribution is 2.26. The highest BCUT2D eigenvalue weighted by atomic mass is 16.6. The van der Waals surface area contributed by atoms with E-state index >= 15 is 0 Å². The lowest BCUT2D eigenvalue weighted by Gasteiger charge is -2.22. The van der Waals surface area contributed by atoms with Gasteiger partial charge in [0.2, 0.25) is 0 Å². The molecule has 3 aromatic carbocycles. The third-order valence-electron chi connectivity index (χ3n) is 5.16. The van der Waals surface area contributed by atoms with Crippen LogP contribution in [0.25, 0.3) is 10.8 Å². The number of rotatable bonds is 11. The monoisotopic (exact) mass is 505 g/mol.